The fraction of sp³-hybridized carbons (Fsp3) is 0.125. The molecule has 0 aliphatic heterocycles. The molecule has 52 valence electrons. The highest BCUT2D eigenvalue weighted by Gasteiger charge is 1.92. The van der Waals surface area contributed by atoms with E-state index in [4.69, 9.17) is 4.52 Å². The standard InChI is InChI=1S/C8H9NO/c1-3-4-5-8-6-7(2)10-9-8/h3-6H,1H2,2H3/b5-4+. The van der Waals surface area contributed by atoms with Gasteiger partial charge in [-0.3, -0.25) is 0 Å². The van der Waals surface area contributed by atoms with Crippen LogP contribution in [0.4, 0.5) is 0 Å². The van der Waals surface area contributed by atoms with Crippen LogP contribution in [0.25, 0.3) is 6.08 Å². The van der Waals surface area contributed by atoms with Gasteiger partial charge in [-0.25, -0.2) is 0 Å². The lowest BCUT2D eigenvalue weighted by molar-refractivity contribution is 0.396. The first-order valence-electron chi connectivity index (χ1n) is 3.05. The molecule has 0 N–H and O–H groups in total. The quantitative estimate of drug-likeness (QED) is 0.581. The Morgan fingerprint density at radius 2 is 2.50 bits per heavy atom. The van der Waals surface area contributed by atoms with Crippen LogP contribution in [-0.2, 0) is 0 Å². The van der Waals surface area contributed by atoms with Crippen LogP contribution in [0.1, 0.15) is 11.5 Å². The number of rotatable bonds is 2. The molecule has 0 aliphatic rings. The highest BCUT2D eigenvalue weighted by atomic mass is 16.5. The molecule has 1 rings (SSSR count). The van der Waals surface area contributed by atoms with Crippen molar-refractivity contribution in [2.45, 2.75) is 6.92 Å². The van der Waals surface area contributed by atoms with Crippen molar-refractivity contribution in [3.8, 4) is 0 Å². The molecule has 1 aromatic heterocycles. The van der Waals surface area contributed by atoms with Gasteiger partial charge in [-0.05, 0) is 13.0 Å². The predicted molar refractivity (Wildman–Crippen MR) is 40.5 cm³/mol. The fourth-order valence-electron chi connectivity index (χ4n) is 0.631. The lowest BCUT2D eigenvalue weighted by atomic mass is 10.3. The van der Waals surface area contributed by atoms with E-state index in [0.717, 1.165) is 11.5 Å². The van der Waals surface area contributed by atoms with Gasteiger partial charge < -0.3 is 4.52 Å². The minimum absolute atomic E-state index is 0.823. The molecule has 2 heteroatoms. The van der Waals surface area contributed by atoms with E-state index in [1.807, 2.05) is 25.1 Å². The highest BCUT2D eigenvalue weighted by molar-refractivity contribution is 5.45. The van der Waals surface area contributed by atoms with Crippen LogP contribution in [0, 0.1) is 6.92 Å². The van der Waals surface area contributed by atoms with Gasteiger partial charge in [-0.1, -0.05) is 23.9 Å². The second-order valence-electron chi connectivity index (χ2n) is 1.96. The van der Waals surface area contributed by atoms with Gasteiger partial charge >= 0.3 is 0 Å². The Morgan fingerprint density at radius 3 is 3.00 bits per heavy atom. The third-order valence-electron chi connectivity index (χ3n) is 1.05. The van der Waals surface area contributed by atoms with Crippen LogP contribution >= 0.6 is 0 Å². The molecule has 0 spiro atoms. The zero-order chi connectivity index (χ0) is 7.40. The van der Waals surface area contributed by atoms with Crippen LogP contribution in [0.2, 0.25) is 0 Å². The molecule has 0 radical (unpaired) electrons. The van der Waals surface area contributed by atoms with Crippen LogP contribution in [-0.4, -0.2) is 5.16 Å². The van der Waals surface area contributed by atoms with Crippen molar-refractivity contribution < 1.29 is 4.52 Å². The largest absolute Gasteiger partial charge is 0.361 e. The Balaban J connectivity index is 2.75. The van der Waals surface area contributed by atoms with Gasteiger partial charge in [-0.2, -0.15) is 0 Å². The van der Waals surface area contributed by atoms with Gasteiger partial charge in [0.05, 0.1) is 0 Å². The second kappa shape index (κ2) is 3.01. The average molecular weight is 135 g/mol. The zero-order valence-corrected chi connectivity index (χ0v) is 5.87. The van der Waals surface area contributed by atoms with E-state index in [0.29, 0.717) is 0 Å². The minimum Gasteiger partial charge on any atom is -0.361 e. The first-order valence-corrected chi connectivity index (χ1v) is 3.05. The number of aryl methyl sites for hydroxylation is 1. The van der Waals surface area contributed by atoms with Crippen LogP contribution in [0.5, 0.6) is 0 Å². The van der Waals surface area contributed by atoms with E-state index in [1.54, 1.807) is 6.08 Å². The Kier molecular flexibility index (Phi) is 2.05. The lowest BCUT2D eigenvalue weighted by Crippen LogP contribution is -1.64. The van der Waals surface area contributed by atoms with Crippen LogP contribution in [0.3, 0.4) is 0 Å². The van der Waals surface area contributed by atoms with Crippen molar-refractivity contribution in [1.82, 2.24) is 5.16 Å². The number of hydrogen-bond acceptors (Lipinski definition) is 2. The summed E-state index contributed by atoms with van der Waals surface area (Å²) in [6, 6.07) is 1.86. The molecule has 0 aromatic carbocycles. The molecule has 0 saturated carbocycles. The maximum Gasteiger partial charge on any atom is 0.134 e. The van der Waals surface area contributed by atoms with Gasteiger partial charge in [0, 0.05) is 6.07 Å². The average Bonchev–Trinajstić information content (AvgIpc) is 2.31. The van der Waals surface area contributed by atoms with E-state index in [1.165, 1.54) is 0 Å². The predicted octanol–water partition coefficient (Wildman–Crippen LogP) is 2.18. The molecule has 0 aliphatic carbocycles. The molecular formula is C8H9NO. The monoisotopic (exact) mass is 135 g/mol. The summed E-state index contributed by atoms with van der Waals surface area (Å²) < 4.78 is 4.83. The normalized spacial score (nSPS) is 10.5. The molecule has 0 saturated heterocycles. The van der Waals surface area contributed by atoms with Gasteiger partial charge in [0.1, 0.15) is 11.5 Å². The van der Waals surface area contributed by atoms with Gasteiger partial charge in [0.15, 0.2) is 0 Å². The van der Waals surface area contributed by atoms with Gasteiger partial charge in [0.2, 0.25) is 0 Å². The number of aromatic nitrogens is 1. The fourth-order valence-corrected chi connectivity index (χ4v) is 0.631. The van der Waals surface area contributed by atoms with Gasteiger partial charge in [0.25, 0.3) is 0 Å². The second-order valence-corrected chi connectivity index (χ2v) is 1.96. The van der Waals surface area contributed by atoms with E-state index >= 15 is 0 Å². The number of allylic oxidation sites excluding steroid dienone is 2. The summed E-state index contributed by atoms with van der Waals surface area (Å²) >= 11 is 0. The van der Waals surface area contributed by atoms with Crippen LogP contribution in [0.15, 0.2) is 29.3 Å². The topological polar surface area (TPSA) is 26.0 Å². The van der Waals surface area contributed by atoms with Crippen molar-refractivity contribution in [3.05, 3.63) is 36.3 Å². The summed E-state index contributed by atoms with van der Waals surface area (Å²) in [6.07, 6.45) is 5.35. The molecule has 0 fully saturated rings. The summed E-state index contributed by atoms with van der Waals surface area (Å²) in [6.45, 7) is 5.40. The Labute approximate surface area is 59.8 Å². The summed E-state index contributed by atoms with van der Waals surface area (Å²) in [4.78, 5) is 0. The Hall–Kier alpha value is -1.31. The first kappa shape index (κ1) is 6.81. The first-order chi connectivity index (χ1) is 4.83. The molecule has 2 nitrogen and oxygen atoms in total. The molecule has 1 heterocycles. The summed E-state index contributed by atoms with van der Waals surface area (Å²) in [5.74, 6) is 0.823. The SMILES string of the molecule is C=C/C=C/c1cc(C)on1. The maximum absolute atomic E-state index is 4.83. The number of hydrogen-bond donors (Lipinski definition) is 0. The van der Waals surface area contributed by atoms with E-state index in [9.17, 15) is 0 Å². The Morgan fingerprint density at radius 1 is 1.70 bits per heavy atom. The molecule has 0 unspecified atom stereocenters. The maximum atomic E-state index is 4.83. The van der Waals surface area contributed by atoms with E-state index < -0.39 is 0 Å². The molecule has 10 heavy (non-hydrogen) atoms. The third kappa shape index (κ3) is 1.58. The van der Waals surface area contributed by atoms with Crippen molar-refractivity contribution in [3.63, 3.8) is 0 Å². The van der Waals surface area contributed by atoms with Crippen molar-refractivity contribution in [2.75, 3.05) is 0 Å². The lowest BCUT2D eigenvalue weighted by Gasteiger charge is -1.73. The van der Waals surface area contributed by atoms with Crippen molar-refractivity contribution >= 4 is 6.08 Å². The highest BCUT2D eigenvalue weighted by Crippen LogP contribution is 2.02. The molecule has 1 aromatic rings. The smallest absolute Gasteiger partial charge is 0.134 e. The zero-order valence-electron chi connectivity index (χ0n) is 5.87. The van der Waals surface area contributed by atoms with Crippen molar-refractivity contribution in [2.24, 2.45) is 0 Å². The van der Waals surface area contributed by atoms with Gasteiger partial charge in [-0.15, -0.1) is 0 Å². The summed E-state index contributed by atoms with van der Waals surface area (Å²) in [7, 11) is 0. The van der Waals surface area contributed by atoms with E-state index in [-0.39, 0.29) is 0 Å². The summed E-state index contributed by atoms with van der Waals surface area (Å²) in [5.41, 5.74) is 0.831. The number of nitrogens with zero attached hydrogens (tertiary/aromatic N) is 1. The molecular weight excluding hydrogens is 126 g/mol. The molecule has 0 atom stereocenters. The third-order valence-corrected chi connectivity index (χ3v) is 1.05. The molecule has 0 amide bonds. The van der Waals surface area contributed by atoms with E-state index in [2.05, 4.69) is 11.7 Å². The summed E-state index contributed by atoms with van der Waals surface area (Å²) in [5, 5.41) is 3.74. The Bertz CT molecular complexity index is 248. The van der Waals surface area contributed by atoms with Crippen molar-refractivity contribution in [1.29, 1.82) is 0 Å². The van der Waals surface area contributed by atoms with Crippen LogP contribution < -0.4 is 0 Å². The molecule has 0 bridgehead atoms. The minimum atomic E-state index is 0.823.